The average molecular weight is 420 g/mol. The van der Waals surface area contributed by atoms with Crippen LogP contribution >= 0.6 is 0 Å². The van der Waals surface area contributed by atoms with Crippen LogP contribution in [0.5, 0.6) is 0 Å². The van der Waals surface area contributed by atoms with Crippen molar-refractivity contribution in [2.75, 3.05) is 18.4 Å². The maximum absolute atomic E-state index is 12.8. The average Bonchev–Trinajstić information content (AvgIpc) is 2.68. The van der Waals surface area contributed by atoms with Crippen LogP contribution in [0, 0.1) is 10.1 Å². The number of primary amides is 1. The summed E-state index contributed by atoms with van der Waals surface area (Å²) < 4.78 is 26.6. The minimum Gasteiger partial charge on any atom is -0.366 e. The van der Waals surface area contributed by atoms with Gasteiger partial charge in [-0.3, -0.25) is 19.7 Å². The zero-order valence-electron chi connectivity index (χ0n) is 15.6. The third kappa shape index (κ3) is 5.36. The number of nitrogens with zero attached hydrogens (tertiary/aromatic N) is 2. The lowest BCUT2D eigenvalue weighted by molar-refractivity contribution is -0.387. The number of rotatable bonds is 9. The summed E-state index contributed by atoms with van der Waals surface area (Å²) >= 11 is 0. The van der Waals surface area contributed by atoms with Crippen molar-refractivity contribution in [1.29, 1.82) is 0 Å². The van der Waals surface area contributed by atoms with Gasteiger partial charge in [-0.15, -0.1) is 0 Å². The summed E-state index contributed by atoms with van der Waals surface area (Å²) in [5.74, 6) is -1.05. The Morgan fingerprint density at radius 1 is 1.14 bits per heavy atom. The van der Waals surface area contributed by atoms with Crippen LogP contribution in [-0.2, 0) is 14.8 Å². The lowest BCUT2D eigenvalue weighted by atomic mass is 10.2. The summed E-state index contributed by atoms with van der Waals surface area (Å²) in [5, 5.41) is 13.7. The van der Waals surface area contributed by atoms with Gasteiger partial charge in [-0.05, 0) is 30.3 Å². The first-order valence-electron chi connectivity index (χ1n) is 8.60. The number of hydrogen-bond acceptors (Lipinski definition) is 6. The van der Waals surface area contributed by atoms with E-state index in [2.05, 4.69) is 5.32 Å². The second kappa shape index (κ2) is 9.26. The van der Waals surface area contributed by atoms with Crippen LogP contribution in [0.15, 0.2) is 53.4 Å². The quantitative estimate of drug-likeness (QED) is 0.465. The van der Waals surface area contributed by atoms with Crippen molar-refractivity contribution in [3.05, 3.63) is 64.2 Å². The molecule has 0 fully saturated rings. The number of amides is 2. The van der Waals surface area contributed by atoms with E-state index < -0.39 is 37.3 Å². The van der Waals surface area contributed by atoms with E-state index in [1.807, 2.05) is 0 Å². The van der Waals surface area contributed by atoms with Gasteiger partial charge >= 0.3 is 0 Å². The largest absolute Gasteiger partial charge is 0.366 e. The number of sulfonamides is 1. The molecule has 0 atom stereocenters. The molecular formula is C18H20N4O6S. The molecule has 2 aromatic carbocycles. The molecule has 0 saturated heterocycles. The predicted molar refractivity (Wildman–Crippen MR) is 106 cm³/mol. The lowest BCUT2D eigenvalue weighted by Crippen LogP contribution is -2.34. The maximum Gasteiger partial charge on any atom is 0.289 e. The first kappa shape index (κ1) is 22.0. The van der Waals surface area contributed by atoms with Crippen molar-refractivity contribution >= 4 is 33.2 Å². The first-order chi connectivity index (χ1) is 13.7. The SMILES string of the molecule is CCN(CCC(=O)Nc1ccc(C(N)=O)cc1)S(=O)(=O)c1ccccc1[N+](=O)[O-]. The van der Waals surface area contributed by atoms with E-state index in [9.17, 15) is 28.1 Å². The lowest BCUT2D eigenvalue weighted by Gasteiger charge is -2.20. The van der Waals surface area contributed by atoms with Gasteiger partial charge in [0.1, 0.15) is 0 Å². The Morgan fingerprint density at radius 3 is 2.31 bits per heavy atom. The summed E-state index contributed by atoms with van der Waals surface area (Å²) in [6, 6.07) is 11.0. The number of nitrogens with one attached hydrogen (secondary N) is 1. The molecule has 10 nitrogen and oxygen atoms in total. The van der Waals surface area contributed by atoms with Gasteiger partial charge in [0.2, 0.25) is 21.8 Å². The highest BCUT2D eigenvalue weighted by molar-refractivity contribution is 7.89. The van der Waals surface area contributed by atoms with Gasteiger partial charge in [-0.2, -0.15) is 4.31 Å². The Hall–Kier alpha value is -3.31. The van der Waals surface area contributed by atoms with Crippen molar-refractivity contribution < 1.29 is 22.9 Å². The molecule has 2 aromatic rings. The zero-order valence-corrected chi connectivity index (χ0v) is 16.4. The molecule has 11 heteroatoms. The van der Waals surface area contributed by atoms with Crippen LogP contribution in [-0.4, -0.2) is 42.6 Å². The number of nitro groups is 1. The monoisotopic (exact) mass is 420 g/mol. The molecule has 2 rings (SSSR count). The molecule has 2 amide bonds. The molecule has 0 spiro atoms. The van der Waals surface area contributed by atoms with Crippen molar-refractivity contribution in [2.24, 2.45) is 5.73 Å². The first-order valence-corrected chi connectivity index (χ1v) is 10.0. The van der Waals surface area contributed by atoms with Gasteiger partial charge < -0.3 is 11.1 Å². The molecule has 0 saturated carbocycles. The highest BCUT2D eigenvalue weighted by Gasteiger charge is 2.30. The maximum atomic E-state index is 12.8. The molecule has 0 aliphatic carbocycles. The van der Waals surface area contributed by atoms with E-state index in [4.69, 9.17) is 5.73 Å². The van der Waals surface area contributed by atoms with Gasteiger partial charge in [0.25, 0.3) is 5.69 Å². The standard InChI is InChI=1S/C18H20N4O6S/c1-2-21(29(27,28)16-6-4-3-5-15(16)22(25)26)12-11-17(23)20-14-9-7-13(8-10-14)18(19)24/h3-10H,2,11-12H2,1H3,(H2,19,24)(H,20,23). The molecule has 0 unspecified atom stereocenters. The fraction of sp³-hybridized carbons (Fsp3) is 0.222. The van der Waals surface area contributed by atoms with Gasteiger partial charge in [0.15, 0.2) is 4.90 Å². The smallest absolute Gasteiger partial charge is 0.289 e. The van der Waals surface area contributed by atoms with Crippen LogP contribution in [0.3, 0.4) is 0 Å². The Morgan fingerprint density at radius 2 is 1.76 bits per heavy atom. The molecule has 3 N–H and O–H groups in total. The molecule has 154 valence electrons. The molecule has 0 aromatic heterocycles. The highest BCUT2D eigenvalue weighted by Crippen LogP contribution is 2.26. The van der Waals surface area contributed by atoms with Crippen LogP contribution in [0.2, 0.25) is 0 Å². The molecule has 0 radical (unpaired) electrons. The number of carbonyl (C=O) groups excluding carboxylic acids is 2. The summed E-state index contributed by atoms with van der Waals surface area (Å²) in [6.45, 7) is 1.46. The number of benzene rings is 2. The minimum absolute atomic E-state index is 0.0367. The number of hydrogen-bond donors (Lipinski definition) is 2. The topological polar surface area (TPSA) is 153 Å². The summed E-state index contributed by atoms with van der Waals surface area (Å²) in [5.41, 5.74) is 5.33. The number of anilines is 1. The fourth-order valence-corrected chi connectivity index (χ4v) is 4.19. The Balaban J connectivity index is 2.08. The number of carbonyl (C=O) groups is 2. The molecule has 0 aliphatic heterocycles. The third-order valence-corrected chi connectivity index (χ3v) is 6.10. The summed E-state index contributed by atoms with van der Waals surface area (Å²) in [7, 11) is -4.15. The van der Waals surface area contributed by atoms with Gasteiger partial charge in [-0.1, -0.05) is 19.1 Å². The fourth-order valence-electron chi connectivity index (χ4n) is 2.58. The molecule has 0 heterocycles. The van der Waals surface area contributed by atoms with Crippen molar-refractivity contribution in [2.45, 2.75) is 18.2 Å². The third-order valence-electron chi connectivity index (χ3n) is 4.07. The number of nitro benzene ring substituents is 1. The van der Waals surface area contributed by atoms with Crippen LogP contribution in [0.1, 0.15) is 23.7 Å². The molecular weight excluding hydrogens is 400 g/mol. The molecule has 0 bridgehead atoms. The van der Waals surface area contributed by atoms with Gasteiger partial charge in [-0.25, -0.2) is 8.42 Å². The van der Waals surface area contributed by atoms with Crippen LogP contribution < -0.4 is 11.1 Å². The zero-order chi connectivity index (χ0) is 21.6. The van der Waals surface area contributed by atoms with Crippen molar-refractivity contribution in [3.63, 3.8) is 0 Å². The second-order valence-electron chi connectivity index (χ2n) is 5.96. The van der Waals surface area contributed by atoms with E-state index in [0.717, 1.165) is 16.4 Å². The normalized spacial score (nSPS) is 11.2. The Kier molecular flexibility index (Phi) is 7.02. The van der Waals surface area contributed by atoms with Gasteiger partial charge in [0, 0.05) is 36.8 Å². The predicted octanol–water partition coefficient (Wildman–Crippen LogP) is 1.73. The van der Waals surface area contributed by atoms with E-state index >= 15 is 0 Å². The van der Waals surface area contributed by atoms with Gasteiger partial charge in [0.05, 0.1) is 4.92 Å². The van der Waals surface area contributed by atoms with E-state index in [1.165, 1.54) is 36.4 Å². The Bertz CT molecular complexity index is 1020. The second-order valence-corrected chi connectivity index (χ2v) is 7.87. The minimum atomic E-state index is -4.15. The number of nitrogens with two attached hydrogens (primary N) is 1. The van der Waals surface area contributed by atoms with Crippen LogP contribution in [0.4, 0.5) is 11.4 Å². The van der Waals surface area contributed by atoms with E-state index in [-0.39, 0.29) is 25.1 Å². The van der Waals surface area contributed by atoms with Crippen molar-refractivity contribution in [3.8, 4) is 0 Å². The van der Waals surface area contributed by atoms with E-state index in [1.54, 1.807) is 6.92 Å². The summed E-state index contributed by atoms with van der Waals surface area (Å²) in [4.78, 5) is 33.2. The van der Waals surface area contributed by atoms with E-state index in [0.29, 0.717) is 5.69 Å². The number of para-hydroxylation sites is 1. The highest BCUT2D eigenvalue weighted by atomic mass is 32.2. The molecule has 29 heavy (non-hydrogen) atoms. The van der Waals surface area contributed by atoms with Crippen LogP contribution in [0.25, 0.3) is 0 Å². The summed E-state index contributed by atoms with van der Waals surface area (Å²) in [6.07, 6.45) is -0.161. The van der Waals surface area contributed by atoms with Crippen molar-refractivity contribution in [1.82, 2.24) is 4.31 Å². The molecule has 0 aliphatic rings. The Labute approximate surface area is 167 Å².